The fraction of sp³-hybridized carbons (Fsp3) is 0.227. The number of aromatic nitrogens is 3. The molecular formula is C22H21BrN6O3. The van der Waals surface area contributed by atoms with Gasteiger partial charge in [-0.25, -0.2) is 19.7 Å². The summed E-state index contributed by atoms with van der Waals surface area (Å²) in [6.07, 6.45) is 6.07. The van der Waals surface area contributed by atoms with Crippen LogP contribution < -0.4 is 20.3 Å². The van der Waals surface area contributed by atoms with Crippen molar-refractivity contribution in [2.75, 3.05) is 17.3 Å². The van der Waals surface area contributed by atoms with Crippen LogP contribution in [0.2, 0.25) is 0 Å². The maximum atomic E-state index is 13.0. The van der Waals surface area contributed by atoms with Crippen LogP contribution in [0.4, 0.5) is 22.0 Å². The van der Waals surface area contributed by atoms with E-state index >= 15 is 0 Å². The highest BCUT2D eigenvalue weighted by atomic mass is 79.9. The van der Waals surface area contributed by atoms with Gasteiger partial charge in [0.2, 0.25) is 0 Å². The number of anilines is 3. The van der Waals surface area contributed by atoms with Crippen LogP contribution in [-0.4, -0.2) is 39.5 Å². The van der Waals surface area contributed by atoms with Crippen LogP contribution in [0.3, 0.4) is 0 Å². The number of carbonyl (C=O) groups is 2. The van der Waals surface area contributed by atoms with Crippen LogP contribution in [0, 0.1) is 6.92 Å². The summed E-state index contributed by atoms with van der Waals surface area (Å²) in [4.78, 5) is 38.7. The average Bonchev–Trinajstić information content (AvgIpc) is 3.56. The number of halogens is 1. The van der Waals surface area contributed by atoms with Crippen LogP contribution >= 0.6 is 15.9 Å². The summed E-state index contributed by atoms with van der Waals surface area (Å²) < 4.78 is 6.15. The summed E-state index contributed by atoms with van der Waals surface area (Å²) in [7, 11) is 1.63. The Kier molecular flexibility index (Phi) is 6.04. The minimum absolute atomic E-state index is 0.201. The molecule has 0 spiro atoms. The topological polar surface area (TPSA) is 109 Å². The molecule has 9 nitrogen and oxygen atoms in total. The minimum Gasteiger partial charge on any atom is -0.407 e. The Labute approximate surface area is 193 Å². The number of nitrogens with zero attached hydrogens (tertiary/aromatic N) is 4. The average molecular weight is 497 g/mol. The van der Waals surface area contributed by atoms with E-state index in [4.69, 9.17) is 4.74 Å². The molecule has 3 aromatic rings. The standard InChI is InChI=1S/C22H21BrN6O3/c1-14-9-15(23)3-5-18(14)27-16-4-6-19(26-10-16)29(2)20(30)22(7-8-22)28-21(31)32-17-11-24-13-25-12-17/h3-6,9-13,27H,7-8H2,1-2H3,(H,28,31). The molecule has 0 saturated heterocycles. The second-order valence-corrected chi connectivity index (χ2v) is 8.44. The summed E-state index contributed by atoms with van der Waals surface area (Å²) in [6.45, 7) is 2.01. The maximum absolute atomic E-state index is 13.0. The molecule has 4 rings (SSSR count). The molecule has 2 amide bonds. The van der Waals surface area contributed by atoms with E-state index in [0.29, 0.717) is 18.7 Å². The Bertz CT molecular complexity index is 1140. The van der Waals surface area contributed by atoms with E-state index in [1.165, 1.54) is 23.6 Å². The van der Waals surface area contributed by atoms with Crippen molar-refractivity contribution in [2.45, 2.75) is 25.3 Å². The first-order chi connectivity index (χ1) is 15.4. The van der Waals surface area contributed by atoms with E-state index < -0.39 is 11.6 Å². The third-order valence-electron chi connectivity index (χ3n) is 5.11. The van der Waals surface area contributed by atoms with E-state index in [1.54, 1.807) is 19.3 Å². The number of nitrogens with one attached hydrogen (secondary N) is 2. The molecule has 1 fully saturated rings. The summed E-state index contributed by atoms with van der Waals surface area (Å²) in [5, 5.41) is 5.99. The zero-order valence-corrected chi connectivity index (χ0v) is 19.1. The Morgan fingerprint density at radius 3 is 2.50 bits per heavy atom. The molecule has 1 aromatic carbocycles. The van der Waals surface area contributed by atoms with Gasteiger partial charge >= 0.3 is 6.09 Å². The van der Waals surface area contributed by atoms with Gasteiger partial charge in [-0.3, -0.25) is 9.69 Å². The molecule has 1 aliphatic carbocycles. The number of hydrogen-bond acceptors (Lipinski definition) is 7. The smallest absolute Gasteiger partial charge is 0.407 e. The molecule has 164 valence electrons. The van der Waals surface area contributed by atoms with Gasteiger partial charge in [0.1, 0.15) is 17.7 Å². The highest BCUT2D eigenvalue weighted by molar-refractivity contribution is 9.10. The maximum Gasteiger partial charge on any atom is 0.413 e. The molecule has 10 heteroatoms. The van der Waals surface area contributed by atoms with Crippen molar-refractivity contribution in [1.82, 2.24) is 20.3 Å². The van der Waals surface area contributed by atoms with Gasteiger partial charge in [-0.2, -0.15) is 0 Å². The fourth-order valence-electron chi connectivity index (χ4n) is 3.19. The highest BCUT2D eigenvalue weighted by Gasteiger charge is 2.53. The van der Waals surface area contributed by atoms with E-state index in [1.807, 2.05) is 31.2 Å². The molecule has 2 heterocycles. The zero-order valence-electron chi connectivity index (χ0n) is 17.5. The lowest BCUT2D eigenvalue weighted by Gasteiger charge is -2.23. The molecule has 2 aromatic heterocycles. The molecule has 0 unspecified atom stereocenters. The Morgan fingerprint density at radius 1 is 1.12 bits per heavy atom. The number of amides is 2. The van der Waals surface area contributed by atoms with Crippen molar-refractivity contribution in [2.24, 2.45) is 0 Å². The summed E-state index contributed by atoms with van der Waals surface area (Å²) in [5.74, 6) is 0.425. The van der Waals surface area contributed by atoms with Gasteiger partial charge in [0.05, 0.1) is 24.3 Å². The van der Waals surface area contributed by atoms with Crippen molar-refractivity contribution in [3.63, 3.8) is 0 Å². The van der Waals surface area contributed by atoms with Gasteiger partial charge in [0.15, 0.2) is 5.75 Å². The lowest BCUT2D eigenvalue weighted by Crippen LogP contribution is -2.50. The van der Waals surface area contributed by atoms with Crippen LogP contribution in [0.5, 0.6) is 5.75 Å². The third kappa shape index (κ3) is 4.86. The number of carbonyl (C=O) groups excluding carboxylic acids is 2. The van der Waals surface area contributed by atoms with Crippen LogP contribution in [0.15, 0.2) is 59.7 Å². The Balaban J connectivity index is 1.39. The summed E-state index contributed by atoms with van der Waals surface area (Å²) >= 11 is 3.46. The molecular weight excluding hydrogens is 476 g/mol. The second kappa shape index (κ2) is 8.91. The van der Waals surface area contributed by atoms with Crippen molar-refractivity contribution in [1.29, 1.82) is 0 Å². The third-order valence-corrected chi connectivity index (χ3v) is 5.61. The first-order valence-electron chi connectivity index (χ1n) is 9.89. The first-order valence-corrected chi connectivity index (χ1v) is 10.7. The van der Waals surface area contributed by atoms with E-state index in [2.05, 4.69) is 41.5 Å². The van der Waals surface area contributed by atoms with Crippen LogP contribution in [-0.2, 0) is 4.79 Å². The van der Waals surface area contributed by atoms with Gasteiger partial charge in [-0.15, -0.1) is 0 Å². The van der Waals surface area contributed by atoms with Gasteiger partial charge < -0.3 is 15.4 Å². The highest BCUT2D eigenvalue weighted by Crippen LogP contribution is 2.38. The fourth-order valence-corrected chi connectivity index (χ4v) is 3.67. The van der Waals surface area contributed by atoms with Crippen LogP contribution in [0.1, 0.15) is 18.4 Å². The predicted octanol–water partition coefficient (Wildman–Crippen LogP) is 3.97. The van der Waals surface area contributed by atoms with E-state index in [9.17, 15) is 9.59 Å². The Morgan fingerprint density at radius 2 is 1.88 bits per heavy atom. The van der Waals surface area contributed by atoms with Gasteiger partial charge in [-0.1, -0.05) is 15.9 Å². The number of hydrogen-bond donors (Lipinski definition) is 2. The van der Waals surface area contributed by atoms with Crippen LogP contribution in [0.25, 0.3) is 0 Å². The summed E-state index contributed by atoms with van der Waals surface area (Å²) in [5.41, 5.74) is 1.87. The molecule has 0 aliphatic heterocycles. The SMILES string of the molecule is Cc1cc(Br)ccc1Nc1ccc(N(C)C(=O)C2(NC(=O)Oc3cncnc3)CC2)nc1. The lowest BCUT2D eigenvalue weighted by molar-refractivity contribution is -0.121. The molecule has 32 heavy (non-hydrogen) atoms. The molecule has 0 radical (unpaired) electrons. The van der Waals surface area contributed by atoms with E-state index in [0.717, 1.165) is 21.4 Å². The zero-order chi connectivity index (χ0) is 22.7. The van der Waals surface area contributed by atoms with Crippen molar-refractivity contribution >= 4 is 45.1 Å². The van der Waals surface area contributed by atoms with Gasteiger partial charge in [0.25, 0.3) is 5.91 Å². The van der Waals surface area contributed by atoms with Gasteiger partial charge in [0, 0.05) is 17.2 Å². The second-order valence-electron chi connectivity index (χ2n) is 7.52. The molecule has 2 N–H and O–H groups in total. The molecule has 1 aliphatic rings. The number of rotatable bonds is 6. The molecule has 0 atom stereocenters. The summed E-state index contributed by atoms with van der Waals surface area (Å²) in [6, 6.07) is 9.57. The number of ether oxygens (including phenoxy) is 1. The number of benzene rings is 1. The lowest BCUT2D eigenvalue weighted by atomic mass is 10.2. The first kappa shape index (κ1) is 21.7. The normalized spacial score (nSPS) is 13.7. The van der Waals surface area contributed by atoms with Crippen molar-refractivity contribution < 1.29 is 14.3 Å². The quantitative estimate of drug-likeness (QED) is 0.531. The van der Waals surface area contributed by atoms with Crippen molar-refractivity contribution in [3.8, 4) is 5.75 Å². The number of aryl methyl sites for hydroxylation is 1. The Hall–Kier alpha value is -3.53. The monoisotopic (exact) mass is 496 g/mol. The molecule has 1 saturated carbocycles. The number of likely N-dealkylation sites (N-methyl/N-ethyl adjacent to an activating group) is 1. The predicted molar refractivity (Wildman–Crippen MR) is 123 cm³/mol. The van der Waals surface area contributed by atoms with Gasteiger partial charge in [-0.05, 0) is 55.7 Å². The van der Waals surface area contributed by atoms with Crippen molar-refractivity contribution in [3.05, 3.63) is 65.3 Å². The molecule has 0 bridgehead atoms. The number of pyridine rings is 1. The van der Waals surface area contributed by atoms with E-state index in [-0.39, 0.29) is 11.7 Å². The minimum atomic E-state index is -0.991. The largest absolute Gasteiger partial charge is 0.413 e.